The van der Waals surface area contributed by atoms with E-state index in [2.05, 4.69) is 16.5 Å². The fourth-order valence-electron chi connectivity index (χ4n) is 3.44. The summed E-state index contributed by atoms with van der Waals surface area (Å²) in [7, 11) is 0. The van der Waals surface area contributed by atoms with Crippen molar-refractivity contribution in [3.8, 4) is 0 Å². The summed E-state index contributed by atoms with van der Waals surface area (Å²) in [6.45, 7) is 4.70. The summed E-state index contributed by atoms with van der Waals surface area (Å²) < 4.78 is 2.08. The van der Waals surface area contributed by atoms with Crippen LogP contribution in [0.25, 0.3) is 6.08 Å². The monoisotopic (exact) mass is 422 g/mol. The molecular weight excluding hydrogens is 396 g/mol. The summed E-state index contributed by atoms with van der Waals surface area (Å²) in [5.74, 6) is 0.0301. The summed E-state index contributed by atoms with van der Waals surface area (Å²) in [5, 5.41) is 10.5. The van der Waals surface area contributed by atoms with Crippen LogP contribution in [-0.2, 0) is 24.2 Å². The van der Waals surface area contributed by atoms with Gasteiger partial charge in [-0.05, 0) is 42.2 Å². The molecule has 0 radical (unpaired) electrons. The normalized spacial score (nSPS) is 11.6. The number of aliphatic carboxylic acids is 1. The number of halogens is 1. The highest BCUT2D eigenvalue weighted by atomic mass is 35.5. The second-order valence-corrected chi connectivity index (χ2v) is 7.87. The van der Waals surface area contributed by atoms with E-state index in [9.17, 15) is 9.90 Å². The number of nitrogens with zero attached hydrogens (tertiary/aromatic N) is 2. The topological polar surface area (TPSA) is 55.1 Å². The number of unbranched alkanes of at least 4 members (excludes halogenated alkanes) is 1. The average Bonchev–Trinajstić information content (AvgIpc) is 3.10. The molecule has 0 saturated heterocycles. The van der Waals surface area contributed by atoms with Crippen molar-refractivity contribution >= 4 is 23.6 Å². The van der Waals surface area contributed by atoms with Gasteiger partial charge in [-0.1, -0.05) is 67.4 Å². The molecule has 0 aliphatic carbocycles. The smallest absolute Gasteiger partial charge is 0.331 e. The van der Waals surface area contributed by atoms with Crippen molar-refractivity contribution in [2.75, 3.05) is 0 Å². The quantitative estimate of drug-likeness (QED) is 0.433. The van der Waals surface area contributed by atoms with Crippen molar-refractivity contribution in [3.05, 3.63) is 93.5 Å². The van der Waals surface area contributed by atoms with Gasteiger partial charge in [-0.3, -0.25) is 0 Å². The molecule has 30 heavy (non-hydrogen) atoms. The van der Waals surface area contributed by atoms with Crippen molar-refractivity contribution in [1.82, 2.24) is 9.55 Å². The number of benzene rings is 2. The molecule has 0 unspecified atom stereocenters. The van der Waals surface area contributed by atoms with Crippen LogP contribution < -0.4 is 0 Å². The third-order valence-electron chi connectivity index (χ3n) is 5.25. The molecule has 0 bridgehead atoms. The lowest BCUT2D eigenvalue weighted by Crippen LogP contribution is -2.10. The van der Waals surface area contributed by atoms with E-state index < -0.39 is 5.97 Å². The van der Waals surface area contributed by atoms with E-state index >= 15 is 0 Å². The highest BCUT2D eigenvalue weighted by Crippen LogP contribution is 2.22. The number of aromatic nitrogens is 2. The lowest BCUT2D eigenvalue weighted by atomic mass is 10.00. The highest BCUT2D eigenvalue weighted by Gasteiger charge is 2.15. The van der Waals surface area contributed by atoms with Gasteiger partial charge in [-0.25, -0.2) is 9.78 Å². The molecule has 5 heteroatoms. The Morgan fingerprint density at radius 2 is 1.83 bits per heavy atom. The van der Waals surface area contributed by atoms with Crippen LogP contribution in [-0.4, -0.2) is 20.6 Å². The Balaban J connectivity index is 2.00. The predicted molar refractivity (Wildman–Crippen MR) is 122 cm³/mol. The molecule has 2 aromatic carbocycles. The minimum absolute atomic E-state index is 0.339. The van der Waals surface area contributed by atoms with Gasteiger partial charge in [0.15, 0.2) is 0 Å². The van der Waals surface area contributed by atoms with E-state index in [1.54, 1.807) is 12.3 Å². The van der Waals surface area contributed by atoms with Gasteiger partial charge in [0.2, 0.25) is 0 Å². The number of imidazole rings is 1. The molecular formula is C25H27ClN2O2. The van der Waals surface area contributed by atoms with Gasteiger partial charge in [0, 0.05) is 23.4 Å². The lowest BCUT2D eigenvalue weighted by molar-refractivity contribution is -0.132. The molecule has 1 aromatic heterocycles. The Bertz CT molecular complexity index is 1050. The van der Waals surface area contributed by atoms with Crippen molar-refractivity contribution < 1.29 is 9.90 Å². The molecule has 0 spiro atoms. The first-order chi connectivity index (χ1) is 14.5. The standard InChI is InChI=1S/C25H27ClN2O2/c1-3-4-13-24-27-16-22(28(24)17-20-11-7-8-12-23(20)26)15-21(25(29)30)14-19-10-6-5-9-18(19)2/h5-12,15-16H,3-4,13-14,17H2,1-2H3,(H,29,30)/b21-15+. The number of carboxylic acid groups (broad SMARTS) is 1. The van der Waals surface area contributed by atoms with Gasteiger partial charge >= 0.3 is 5.97 Å². The zero-order valence-corrected chi connectivity index (χ0v) is 18.2. The van der Waals surface area contributed by atoms with Crippen LogP contribution in [0.5, 0.6) is 0 Å². The molecule has 0 saturated carbocycles. The SMILES string of the molecule is CCCCc1ncc(/C=C(\Cc2ccccc2C)C(=O)O)n1Cc1ccccc1Cl. The van der Waals surface area contributed by atoms with Crippen molar-refractivity contribution in [2.24, 2.45) is 0 Å². The summed E-state index contributed by atoms with van der Waals surface area (Å²) in [6, 6.07) is 15.6. The first-order valence-corrected chi connectivity index (χ1v) is 10.6. The van der Waals surface area contributed by atoms with E-state index in [-0.39, 0.29) is 0 Å². The molecule has 0 aliphatic heterocycles. The number of aryl methyl sites for hydroxylation is 2. The number of hydrogen-bond donors (Lipinski definition) is 1. The largest absolute Gasteiger partial charge is 0.478 e. The Morgan fingerprint density at radius 3 is 2.50 bits per heavy atom. The maximum Gasteiger partial charge on any atom is 0.331 e. The molecule has 1 N–H and O–H groups in total. The fourth-order valence-corrected chi connectivity index (χ4v) is 3.63. The first-order valence-electron chi connectivity index (χ1n) is 10.3. The van der Waals surface area contributed by atoms with Crippen molar-refractivity contribution in [1.29, 1.82) is 0 Å². The number of carbonyl (C=O) groups is 1. The molecule has 156 valence electrons. The van der Waals surface area contributed by atoms with Crippen LogP contribution in [0.1, 0.15) is 48.0 Å². The van der Waals surface area contributed by atoms with Crippen molar-refractivity contribution in [3.63, 3.8) is 0 Å². The Morgan fingerprint density at radius 1 is 1.13 bits per heavy atom. The van der Waals surface area contributed by atoms with Crippen molar-refractivity contribution in [2.45, 2.75) is 46.1 Å². The van der Waals surface area contributed by atoms with Crippen LogP contribution in [0.3, 0.4) is 0 Å². The van der Waals surface area contributed by atoms with E-state index in [0.29, 0.717) is 23.6 Å². The molecule has 0 atom stereocenters. The highest BCUT2D eigenvalue weighted by molar-refractivity contribution is 6.31. The van der Waals surface area contributed by atoms with E-state index in [4.69, 9.17) is 11.6 Å². The summed E-state index contributed by atoms with van der Waals surface area (Å²) in [4.78, 5) is 16.6. The van der Waals surface area contributed by atoms with Crippen LogP contribution in [0.15, 0.2) is 60.3 Å². The maximum absolute atomic E-state index is 12.0. The zero-order valence-electron chi connectivity index (χ0n) is 17.4. The van der Waals surface area contributed by atoms with Crippen LogP contribution in [0.2, 0.25) is 5.02 Å². The summed E-state index contributed by atoms with van der Waals surface area (Å²) in [6.07, 6.45) is 6.81. The third kappa shape index (κ3) is 5.39. The second kappa shape index (κ2) is 10.3. The van der Waals surface area contributed by atoms with Gasteiger partial charge in [0.25, 0.3) is 0 Å². The van der Waals surface area contributed by atoms with Gasteiger partial charge < -0.3 is 9.67 Å². The number of carboxylic acids is 1. The van der Waals surface area contributed by atoms with Gasteiger partial charge in [0.05, 0.1) is 18.4 Å². The molecule has 0 aliphatic rings. The average molecular weight is 423 g/mol. The Kier molecular flexibility index (Phi) is 7.47. The van der Waals surface area contributed by atoms with Crippen LogP contribution in [0.4, 0.5) is 0 Å². The summed E-state index contributed by atoms with van der Waals surface area (Å²) in [5.41, 5.74) is 4.20. The van der Waals surface area contributed by atoms with Crippen LogP contribution >= 0.6 is 11.6 Å². The zero-order chi connectivity index (χ0) is 21.5. The maximum atomic E-state index is 12.0. The third-order valence-corrected chi connectivity index (χ3v) is 5.62. The molecule has 3 rings (SSSR count). The summed E-state index contributed by atoms with van der Waals surface area (Å²) >= 11 is 6.39. The molecule has 3 aromatic rings. The molecule has 4 nitrogen and oxygen atoms in total. The lowest BCUT2D eigenvalue weighted by Gasteiger charge is -2.13. The number of hydrogen-bond acceptors (Lipinski definition) is 2. The fraction of sp³-hybridized carbons (Fsp3) is 0.280. The molecule has 1 heterocycles. The van der Waals surface area contributed by atoms with E-state index in [0.717, 1.165) is 47.5 Å². The molecule has 0 fully saturated rings. The first kappa shape index (κ1) is 21.8. The number of rotatable bonds is 9. The van der Waals surface area contributed by atoms with Gasteiger partial charge in [-0.15, -0.1) is 0 Å². The van der Waals surface area contributed by atoms with Crippen LogP contribution in [0, 0.1) is 6.92 Å². The van der Waals surface area contributed by atoms with Gasteiger partial charge in [0.1, 0.15) is 5.82 Å². The second-order valence-electron chi connectivity index (χ2n) is 7.46. The van der Waals surface area contributed by atoms with E-state index in [1.807, 2.05) is 55.5 Å². The minimum Gasteiger partial charge on any atom is -0.478 e. The molecule has 0 amide bonds. The minimum atomic E-state index is -0.918. The predicted octanol–water partition coefficient (Wildman–Crippen LogP) is 5.95. The van der Waals surface area contributed by atoms with Gasteiger partial charge in [-0.2, -0.15) is 0 Å². The Labute approximate surface area is 182 Å². The Hall–Kier alpha value is -2.85. The van der Waals surface area contributed by atoms with E-state index in [1.165, 1.54) is 0 Å².